The van der Waals surface area contributed by atoms with E-state index in [1.165, 1.54) is 0 Å². The Morgan fingerprint density at radius 1 is 1.21 bits per heavy atom. The Hall–Kier alpha value is -1.06. The van der Waals surface area contributed by atoms with Crippen LogP contribution in [0.1, 0.15) is 52.9 Å². The first kappa shape index (κ1) is 12.9. The van der Waals surface area contributed by atoms with Crippen LogP contribution in [-0.4, -0.2) is 33.0 Å². The molecule has 2 atom stereocenters. The second-order valence-corrected chi connectivity index (χ2v) is 7.76. The number of amides is 1. The molecule has 4 fully saturated rings. The van der Waals surface area contributed by atoms with Gasteiger partial charge in [0.05, 0.1) is 0 Å². The van der Waals surface area contributed by atoms with E-state index in [2.05, 4.69) is 0 Å². The molecular formula is C15H23NO3. The maximum atomic E-state index is 12.2. The van der Waals surface area contributed by atoms with Crippen molar-refractivity contribution in [2.24, 2.45) is 17.8 Å². The van der Waals surface area contributed by atoms with Crippen molar-refractivity contribution in [3.63, 3.8) is 0 Å². The number of carbonyl (C=O) groups excluding carboxylic acids is 1. The minimum absolute atomic E-state index is 0.121. The van der Waals surface area contributed by atoms with E-state index in [4.69, 9.17) is 0 Å². The number of nitrogens with zero attached hydrogens (tertiary/aromatic N) is 1. The number of rotatable bonds is 1. The molecule has 0 aromatic rings. The van der Waals surface area contributed by atoms with Gasteiger partial charge in [-0.25, -0.2) is 4.79 Å². The molecule has 0 heterocycles. The van der Waals surface area contributed by atoms with E-state index >= 15 is 0 Å². The number of ketones is 1. The van der Waals surface area contributed by atoms with Gasteiger partial charge in [-0.05, 0) is 58.8 Å². The number of hydrogen-bond acceptors (Lipinski definition) is 2. The zero-order valence-corrected chi connectivity index (χ0v) is 12.0. The Labute approximate surface area is 114 Å². The molecule has 19 heavy (non-hydrogen) atoms. The van der Waals surface area contributed by atoms with Crippen molar-refractivity contribution >= 4 is 11.9 Å². The fourth-order valence-electron chi connectivity index (χ4n) is 5.18. The van der Waals surface area contributed by atoms with Gasteiger partial charge >= 0.3 is 6.09 Å². The van der Waals surface area contributed by atoms with Crippen LogP contribution in [0.2, 0.25) is 0 Å². The van der Waals surface area contributed by atoms with Crippen LogP contribution in [0.25, 0.3) is 0 Å². The van der Waals surface area contributed by atoms with Crippen molar-refractivity contribution in [1.82, 2.24) is 4.90 Å². The van der Waals surface area contributed by atoms with Gasteiger partial charge < -0.3 is 5.11 Å². The second-order valence-electron chi connectivity index (χ2n) is 7.76. The quantitative estimate of drug-likeness (QED) is 0.793. The Kier molecular flexibility index (Phi) is 2.55. The average Bonchev–Trinajstić information content (AvgIpc) is 2.21. The first-order chi connectivity index (χ1) is 8.73. The molecule has 4 rings (SSSR count). The lowest BCUT2D eigenvalue weighted by atomic mass is 9.51. The molecule has 1 amide bonds. The monoisotopic (exact) mass is 265 g/mol. The number of carboxylic acid groups (broad SMARTS) is 1. The Morgan fingerprint density at radius 3 is 2.16 bits per heavy atom. The van der Waals surface area contributed by atoms with Gasteiger partial charge in [-0.3, -0.25) is 9.69 Å². The summed E-state index contributed by atoms with van der Waals surface area (Å²) in [5.41, 5.74) is -0.685. The predicted molar refractivity (Wildman–Crippen MR) is 70.9 cm³/mol. The summed E-state index contributed by atoms with van der Waals surface area (Å²) >= 11 is 0. The summed E-state index contributed by atoms with van der Waals surface area (Å²) in [6.45, 7) is 5.88. The van der Waals surface area contributed by atoms with Crippen LogP contribution < -0.4 is 0 Å². The molecule has 0 saturated heterocycles. The fourth-order valence-corrected chi connectivity index (χ4v) is 5.18. The maximum absolute atomic E-state index is 12.2. The highest BCUT2D eigenvalue weighted by molar-refractivity contribution is 5.86. The summed E-state index contributed by atoms with van der Waals surface area (Å²) in [7, 11) is 0. The first-order valence-corrected chi connectivity index (χ1v) is 7.30. The van der Waals surface area contributed by atoms with E-state index < -0.39 is 11.6 Å². The lowest BCUT2D eigenvalue weighted by Crippen LogP contribution is -2.67. The van der Waals surface area contributed by atoms with E-state index in [-0.39, 0.29) is 17.4 Å². The molecule has 0 aromatic carbocycles. The standard InChI is InChI=1S/C15H23NO3/c1-14(2,3)16(13(18)19)15-6-9-4-10(7-15)12(17)11(5-9)8-15/h9-11H,4-8H2,1-3H3,(H,18,19)/t9?,10-,11-,15?/m1/s1. The van der Waals surface area contributed by atoms with Crippen LogP contribution in [0.5, 0.6) is 0 Å². The molecule has 4 bridgehead atoms. The van der Waals surface area contributed by atoms with E-state index in [0.717, 1.165) is 32.1 Å². The third kappa shape index (κ3) is 1.79. The van der Waals surface area contributed by atoms with Crippen LogP contribution >= 0.6 is 0 Å². The summed E-state index contributed by atoms with van der Waals surface area (Å²) in [5, 5.41) is 9.68. The van der Waals surface area contributed by atoms with Crippen molar-refractivity contribution in [2.45, 2.75) is 64.0 Å². The van der Waals surface area contributed by atoms with Crippen LogP contribution in [0.4, 0.5) is 4.79 Å². The lowest BCUT2D eigenvalue weighted by Gasteiger charge is -2.61. The fraction of sp³-hybridized carbons (Fsp3) is 0.867. The van der Waals surface area contributed by atoms with E-state index in [0.29, 0.717) is 11.7 Å². The lowest BCUT2D eigenvalue weighted by molar-refractivity contribution is -0.153. The Balaban J connectivity index is 1.99. The summed E-state index contributed by atoms with van der Waals surface area (Å²) < 4.78 is 0. The zero-order chi connectivity index (χ0) is 14.0. The topological polar surface area (TPSA) is 57.6 Å². The van der Waals surface area contributed by atoms with Gasteiger partial charge in [-0.15, -0.1) is 0 Å². The molecule has 0 aromatic heterocycles. The third-order valence-electron chi connectivity index (χ3n) is 5.30. The number of hydrogen-bond donors (Lipinski definition) is 1. The largest absolute Gasteiger partial charge is 0.465 e. The number of Topliss-reactive ketones (excluding diaryl/α,β-unsaturated/α-hetero) is 1. The third-order valence-corrected chi connectivity index (χ3v) is 5.30. The van der Waals surface area contributed by atoms with E-state index in [9.17, 15) is 14.7 Å². The SMILES string of the molecule is CC(C)(C)N(C(=O)O)C12CC3C[C@H](C1)C(=O)[C@H](C3)C2. The summed E-state index contributed by atoms with van der Waals surface area (Å²) in [5.74, 6) is 1.20. The minimum atomic E-state index is -0.832. The van der Waals surface area contributed by atoms with E-state index in [1.807, 2.05) is 20.8 Å². The molecule has 106 valence electrons. The molecular weight excluding hydrogens is 242 g/mol. The summed E-state index contributed by atoms with van der Waals surface area (Å²) in [6.07, 6.45) is 3.62. The predicted octanol–water partition coefficient (Wildman–Crippen LogP) is 2.91. The summed E-state index contributed by atoms with van der Waals surface area (Å²) in [6, 6.07) is 0. The maximum Gasteiger partial charge on any atom is 0.408 e. The highest BCUT2D eigenvalue weighted by Gasteiger charge is 2.59. The highest BCUT2D eigenvalue weighted by atomic mass is 16.4. The molecule has 0 radical (unpaired) electrons. The molecule has 4 nitrogen and oxygen atoms in total. The molecule has 4 saturated carbocycles. The van der Waals surface area contributed by atoms with Crippen molar-refractivity contribution < 1.29 is 14.7 Å². The first-order valence-electron chi connectivity index (χ1n) is 7.30. The molecule has 4 aliphatic rings. The molecule has 0 unspecified atom stereocenters. The number of carbonyl (C=O) groups is 2. The van der Waals surface area contributed by atoms with Gasteiger partial charge in [0.2, 0.25) is 0 Å². The van der Waals surface area contributed by atoms with Crippen LogP contribution in [0.15, 0.2) is 0 Å². The molecule has 1 N–H and O–H groups in total. The molecule has 0 spiro atoms. The van der Waals surface area contributed by atoms with Crippen molar-refractivity contribution in [1.29, 1.82) is 0 Å². The van der Waals surface area contributed by atoms with Crippen LogP contribution in [0, 0.1) is 17.8 Å². The molecule has 4 aliphatic carbocycles. The average molecular weight is 265 g/mol. The molecule has 4 heteroatoms. The van der Waals surface area contributed by atoms with Crippen LogP contribution in [-0.2, 0) is 4.79 Å². The van der Waals surface area contributed by atoms with Gasteiger partial charge in [0.15, 0.2) is 0 Å². The van der Waals surface area contributed by atoms with Gasteiger partial charge in [-0.1, -0.05) is 0 Å². The van der Waals surface area contributed by atoms with Crippen LogP contribution in [0.3, 0.4) is 0 Å². The van der Waals surface area contributed by atoms with Gasteiger partial charge in [0, 0.05) is 22.9 Å². The van der Waals surface area contributed by atoms with Gasteiger partial charge in [0.25, 0.3) is 0 Å². The van der Waals surface area contributed by atoms with Gasteiger partial charge in [-0.2, -0.15) is 0 Å². The zero-order valence-electron chi connectivity index (χ0n) is 12.0. The smallest absolute Gasteiger partial charge is 0.408 e. The van der Waals surface area contributed by atoms with Crippen molar-refractivity contribution in [3.8, 4) is 0 Å². The normalized spacial score (nSPS) is 40.6. The Morgan fingerprint density at radius 2 is 1.74 bits per heavy atom. The van der Waals surface area contributed by atoms with Crippen molar-refractivity contribution in [2.75, 3.05) is 0 Å². The van der Waals surface area contributed by atoms with Gasteiger partial charge in [0.1, 0.15) is 5.78 Å². The van der Waals surface area contributed by atoms with Crippen molar-refractivity contribution in [3.05, 3.63) is 0 Å². The Bertz CT molecular complexity index is 419. The van der Waals surface area contributed by atoms with E-state index in [1.54, 1.807) is 4.90 Å². The minimum Gasteiger partial charge on any atom is -0.465 e. The second kappa shape index (κ2) is 3.74. The highest BCUT2D eigenvalue weighted by Crippen LogP contribution is 2.57. The summed E-state index contributed by atoms with van der Waals surface area (Å²) in [4.78, 5) is 25.6. The molecule has 0 aliphatic heterocycles.